The van der Waals surface area contributed by atoms with E-state index < -0.39 is 12.1 Å². The first-order valence-corrected chi connectivity index (χ1v) is 5.86. The van der Waals surface area contributed by atoms with Crippen molar-refractivity contribution in [3.8, 4) is 0 Å². The van der Waals surface area contributed by atoms with Gasteiger partial charge in [-0.1, -0.05) is 0 Å². The number of anilines is 1. The molecule has 0 saturated carbocycles. The number of piperidine rings is 1. The number of carboxylic acids is 1. The Labute approximate surface area is 113 Å². The van der Waals surface area contributed by atoms with E-state index in [4.69, 9.17) is 15.6 Å². The van der Waals surface area contributed by atoms with Crippen LogP contribution in [0.25, 0.3) is 0 Å². The Bertz CT molecular complexity index is 448. The van der Waals surface area contributed by atoms with Crippen LogP contribution in [0.5, 0.6) is 0 Å². The van der Waals surface area contributed by atoms with Crippen LogP contribution in [0.3, 0.4) is 0 Å². The Morgan fingerprint density at radius 3 is 2.55 bits per heavy atom. The minimum absolute atomic E-state index is 0.283. The third-order valence-corrected chi connectivity index (χ3v) is 2.67. The number of aryl methyl sites for hydroxylation is 1. The molecule has 0 bridgehead atoms. The Balaban J connectivity index is 0.000000246. The number of carboxylic acid groups (broad SMARTS) is 1. The lowest BCUT2D eigenvalue weighted by Crippen LogP contribution is -2.43. The van der Waals surface area contributed by atoms with Crippen molar-refractivity contribution in [2.24, 2.45) is 12.8 Å². The zero-order valence-electron chi connectivity index (χ0n) is 10.8. The largest absolute Gasteiger partial charge is 0.490 e. The molecule has 1 saturated heterocycles. The molecule has 20 heavy (non-hydrogen) atoms. The smallest absolute Gasteiger partial charge is 0.475 e. The molecular weight excluding hydrogens is 279 g/mol. The molecule has 2 heterocycles. The van der Waals surface area contributed by atoms with Crippen LogP contribution < -0.4 is 10.6 Å². The number of hydrogen-bond acceptors (Lipinski definition) is 5. The summed E-state index contributed by atoms with van der Waals surface area (Å²) in [5.41, 5.74) is 5.88. The van der Waals surface area contributed by atoms with Crippen molar-refractivity contribution in [3.63, 3.8) is 0 Å². The normalized spacial score (nSPS) is 19.2. The van der Waals surface area contributed by atoms with Crippen LogP contribution in [0.4, 0.5) is 19.1 Å². The summed E-state index contributed by atoms with van der Waals surface area (Å²) in [4.78, 5) is 11.1. The molecule has 1 aromatic heterocycles. The number of aliphatic carboxylic acids is 1. The third-order valence-electron chi connectivity index (χ3n) is 2.67. The van der Waals surface area contributed by atoms with Crippen molar-refractivity contribution in [3.05, 3.63) is 6.33 Å². The highest BCUT2D eigenvalue weighted by atomic mass is 19.4. The zero-order valence-corrected chi connectivity index (χ0v) is 10.8. The van der Waals surface area contributed by atoms with Crippen molar-refractivity contribution in [1.29, 1.82) is 0 Å². The maximum absolute atomic E-state index is 10.6. The maximum atomic E-state index is 10.6. The van der Waals surface area contributed by atoms with Crippen LogP contribution in [0.2, 0.25) is 0 Å². The Hall–Kier alpha value is -1.84. The molecule has 0 amide bonds. The average Bonchev–Trinajstić information content (AvgIpc) is 2.75. The van der Waals surface area contributed by atoms with Gasteiger partial charge >= 0.3 is 12.1 Å². The number of carbonyl (C=O) groups is 1. The molecule has 1 aromatic rings. The van der Waals surface area contributed by atoms with Gasteiger partial charge in [0.15, 0.2) is 0 Å². The van der Waals surface area contributed by atoms with Gasteiger partial charge in [0.25, 0.3) is 0 Å². The van der Waals surface area contributed by atoms with E-state index in [0.29, 0.717) is 0 Å². The van der Waals surface area contributed by atoms with Gasteiger partial charge in [0.05, 0.1) is 0 Å². The van der Waals surface area contributed by atoms with Crippen LogP contribution in [-0.2, 0) is 11.8 Å². The molecule has 0 aliphatic carbocycles. The van der Waals surface area contributed by atoms with Gasteiger partial charge in [0.1, 0.15) is 6.33 Å². The molecule has 2 rings (SSSR count). The topological polar surface area (TPSA) is 97.3 Å². The summed E-state index contributed by atoms with van der Waals surface area (Å²) in [7, 11) is 1.95. The number of nitrogens with zero attached hydrogens (tertiary/aromatic N) is 4. The molecule has 114 valence electrons. The van der Waals surface area contributed by atoms with E-state index in [2.05, 4.69) is 15.1 Å². The summed E-state index contributed by atoms with van der Waals surface area (Å²) in [6.07, 6.45) is -1.10. The second-order valence-corrected chi connectivity index (χ2v) is 4.39. The van der Waals surface area contributed by atoms with E-state index >= 15 is 0 Å². The van der Waals surface area contributed by atoms with Crippen molar-refractivity contribution < 1.29 is 23.1 Å². The van der Waals surface area contributed by atoms with Crippen molar-refractivity contribution in [2.75, 3.05) is 18.0 Å². The van der Waals surface area contributed by atoms with Crippen molar-refractivity contribution in [1.82, 2.24) is 14.8 Å². The van der Waals surface area contributed by atoms with Crippen LogP contribution in [0.15, 0.2) is 6.33 Å². The highest BCUT2D eigenvalue weighted by molar-refractivity contribution is 5.73. The number of alkyl halides is 3. The molecule has 3 N–H and O–H groups in total. The van der Waals surface area contributed by atoms with Gasteiger partial charge in [-0.2, -0.15) is 13.2 Å². The lowest BCUT2D eigenvalue weighted by Gasteiger charge is -2.30. The molecule has 1 aliphatic rings. The third kappa shape index (κ3) is 4.68. The second kappa shape index (κ2) is 6.55. The quantitative estimate of drug-likeness (QED) is 0.777. The van der Waals surface area contributed by atoms with Gasteiger partial charge in [0, 0.05) is 26.2 Å². The Morgan fingerprint density at radius 1 is 1.55 bits per heavy atom. The predicted molar refractivity (Wildman–Crippen MR) is 64.1 cm³/mol. The molecule has 1 fully saturated rings. The number of halogens is 3. The first-order valence-electron chi connectivity index (χ1n) is 5.86. The molecule has 0 radical (unpaired) electrons. The summed E-state index contributed by atoms with van der Waals surface area (Å²) >= 11 is 0. The SMILES string of the molecule is Cn1cnnc1N1CCC[C@@H](N)C1.O=C(O)C(F)(F)F. The van der Waals surface area contributed by atoms with E-state index in [1.807, 2.05) is 11.6 Å². The fourth-order valence-corrected chi connectivity index (χ4v) is 1.76. The monoisotopic (exact) mass is 295 g/mol. The molecule has 1 atom stereocenters. The van der Waals surface area contributed by atoms with E-state index in [9.17, 15) is 13.2 Å². The van der Waals surface area contributed by atoms with E-state index in [1.54, 1.807) is 6.33 Å². The summed E-state index contributed by atoms with van der Waals surface area (Å²) in [5, 5.41) is 15.0. The van der Waals surface area contributed by atoms with Gasteiger partial charge in [-0.05, 0) is 12.8 Å². The Kier molecular flexibility index (Phi) is 5.31. The van der Waals surface area contributed by atoms with Crippen molar-refractivity contribution >= 4 is 11.9 Å². The maximum Gasteiger partial charge on any atom is 0.490 e. The molecule has 0 spiro atoms. The van der Waals surface area contributed by atoms with Gasteiger partial charge in [0.2, 0.25) is 5.95 Å². The highest BCUT2D eigenvalue weighted by Crippen LogP contribution is 2.15. The molecule has 0 aromatic carbocycles. The molecule has 7 nitrogen and oxygen atoms in total. The number of aromatic nitrogens is 3. The fraction of sp³-hybridized carbons (Fsp3) is 0.700. The standard InChI is InChI=1S/C8H15N5.C2HF3O2/c1-12-6-10-11-8(12)13-4-2-3-7(9)5-13;3-2(4,5)1(6)7/h6-7H,2-5,9H2,1H3;(H,6,7)/t7-;/m1./s1. The summed E-state index contributed by atoms with van der Waals surface area (Å²) in [5.74, 6) is -1.83. The minimum atomic E-state index is -5.08. The Morgan fingerprint density at radius 2 is 2.15 bits per heavy atom. The average molecular weight is 295 g/mol. The lowest BCUT2D eigenvalue weighted by atomic mass is 10.1. The zero-order chi connectivity index (χ0) is 15.3. The molecule has 0 unspecified atom stereocenters. The van der Waals surface area contributed by atoms with Crippen LogP contribution in [-0.4, -0.2) is 51.1 Å². The molecule has 1 aliphatic heterocycles. The van der Waals surface area contributed by atoms with Crippen LogP contribution in [0.1, 0.15) is 12.8 Å². The van der Waals surface area contributed by atoms with Gasteiger partial charge in [-0.15, -0.1) is 10.2 Å². The van der Waals surface area contributed by atoms with Gasteiger partial charge < -0.3 is 20.3 Å². The highest BCUT2D eigenvalue weighted by Gasteiger charge is 2.38. The molecular formula is C10H16F3N5O2. The van der Waals surface area contributed by atoms with Crippen LogP contribution >= 0.6 is 0 Å². The lowest BCUT2D eigenvalue weighted by molar-refractivity contribution is -0.192. The summed E-state index contributed by atoms with van der Waals surface area (Å²) in [6.45, 7) is 1.94. The summed E-state index contributed by atoms with van der Waals surface area (Å²) < 4.78 is 33.7. The van der Waals surface area contributed by atoms with E-state index in [1.165, 1.54) is 0 Å². The second-order valence-electron chi connectivity index (χ2n) is 4.39. The molecule has 10 heteroatoms. The number of rotatable bonds is 1. The summed E-state index contributed by atoms with van der Waals surface area (Å²) in [6, 6.07) is 0.283. The van der Waals surface area contributed by atoms with Gasteiger partial charge in [-0.3, -0.25) is 0 Å². The minimum Gasteiger partial charge on any atom is -0.475 e. The number of nitrogens with two attached hydrogens (primary N) is 1. The van der Waals surface area contributed by atoms with Gasteiger partial charge in [-0.25, -0.2) is 4.79 Å². The number of hydrogen-bond donors (Lipinski definition) is 2. The van der Waals surface area contributed by atoms with Crippen molar-refractivity contribution in [2.45, 2.75) is 25.1 Å². The van der Waals surface area contributed by atoms with Crippen LogP contribution in [0, 0.1) is 0 Å². The van der Waals surface area contributed by atoms with E-state index in [0.717, 1.165) is 31.9 Å². The first kappa shape index (κ1) is 16.2. The van der Waals surface area contributed by atoms with E-state index in [-0.39, 0.29) is 6.04 Å². The predicted octanol–water partition coefficient (Wildman–Crippen LogP) is 0.376. The fourth-order valence-electron chi connectivity index (χ4n) is 1.76. The first-order chi connectivity index (χ1) is 9.21.